The lowest BCUT2D eigenvalue weighted by Crippen LogP contribution is -1.72. The number of benzene rings is 1. The van der Waals surface area contributed by atoms with Crippen LogP contribution in [0.3, 0.4) is 0 Å². The van der Waals surface area contributed by atoms with Gasteiger partial charge in [-0.25, -0.2) is 0 Å². The summed E-state index contributed by atoms with van der Waals surface area (Å²) in [6.07, 6.45) is 0. The Balaban J connectivity index is 1.42. The lowest BCUT2D eigenvalue weighted by atomic mass is 10.1. The van der Waals surface area contributed by atoms with E-state index in [4.69, 9.17) is 0 Å². The molecule has 0 nitrogen and oxygen atoms in total. The maximum Gasteiger partial charge on any atom is 0.0449 e. The van der Waals surface area contributed by atoms with Crippen LogP contribution >= 0.6 is 45.3 Å². The highest BCUT2D eigenvalue weighted by molar-refractivity contribution is 7.28. The van der Waals surface area contributed by atoms with E-state index in [-0.39, 0.29) is 0 Å². The molecule has 0 bridgehead atoms. The summed E-state index contributed by atoms with van der Waals surface area (Å²) in [4.78, 5) is 9.43. The summed E-state index contributed by atoms with van der Waals surface area (Å²) in [5, 5.41) is 2.14. The van der Waals surface area contributed by atoms with Gasteiger partial charge >= 0.3 is 0 Å². The topological polar surface area (TPSA) is 0 Å². The molecule has 0 unspecified atom stereocenters. The third-order valence-electron chi connectivity index (χ3n) is 4.40. The molecule has 5 rings (SSSR count). The van der Waals surface area contributed by atoms with E-state index in [1.54, 1.807) is 11.3 Å². The van der Waals surface area contributed by atoms with E-state index in [2.05, 4.69) is 85.1 Å². The molecular formula is C23H16S4. The van der Waals surface area contributed by atoms with Gasteiger partial charge in [-0.1, -0.05) is 35.9 Å². The monoisotopic (exact) mass is 420 g/mol. The average molecular weight is 421 g/mol. The molecule has 0 N–H and O–H groups in total. The maximum absolute atomic E-state index is 2.26. The standard InChI is InChI=1S/C23H16S4/c1-15-4-6-16(7-5-15)17-8-9-20(25-17)21-12-13-23(27-21)22-11-10-19(26-22)18-3-2-14-24-18/h2-14H,1H3. The Labute approximate surface area is 175 Å². The van der Waals surface area contributed by atoms with Gasteiger partial charge in [0.15, 0.2) is 0 Å². The first-order valence-corrected chi connectivity index (χ1v) is 12.0. The predicted octanol–water partition coefficient (Wildman–Crippen LogP) is 8.91. The van der Waals surface area contributed by atoms with Crippen molar-refractivity contribution >= 4 is 45.3 Å². The molecule has 0 fully saturated rings. The third-order valence-corrected chi connectivity index (χ3v) is 9.17. The Hall–Kier alpha value is -1.98. The van der Waals surface area contributed by atoms with Crippen LogP contribution in [-0.2, 0) is 0 Å². The van der Waals surface area contributed by atoms with Crippen molar-refractivity contribution in [1.29, 1.82) is 0 Å². The highest BCUT2D eigenvalue weighted by atomic mass is 32.1. The van der Waals surface area contributed by atoms with Crippen LogP contribution in [0.25, 0.3) is 39.7 Å². The minimum Gasteiger partial charge on any atom is -0.143 e. The van der Waals surface area contributed by atoms with Crippen molar-refractivity contribution in [3.05, 3.63) is 83.7 Å². The average Bonchev–Trinajstić information content (AvgIpc) is 3.49. The van der Waals surface area contributed by atoms with Gasteiger partial charge < -0.3 is 0 Å². The highest BCUT2D eigenvalue weighted by Gasteiger charge is 2.11. The van der Waals surface area contributed by atoms with Crippen molar-refractivity contribution in [2.75, 3.05) is 0 Å². The van der Waals surface area contributed by atoms with Gasteiger partial charge in [0.25, 0.3) is 0 Å². The van der Waals surface area contributed by atoms with Crippen LogP contribution in [0.2, 0.25) is 0 Å². The van der Waals surface area contributed by atoms with Crippen molar-refractivity contribution < 1.29 is 0 Å². The molecule has 0 spiro atoms. The minimum atomic E-state index is 1.30. The first kappa shape index (κ1) is 17.1. The lowest BCUT2D eigenvalue weighted by Gasteiger charge is -1.97. The Morgan fingerprint density at radius 3 is 1.48 bits per heavy atom. The van der Waals surface area contributed by atoms with Gasteiger partial charge in [-0.3, -0.25) is 0 Å². The quantitative estimate of drug-likeness (QED) is 0.272. The van der Waals surface area contributed by atoms with Crippen LogP contribution in [0.1, 0.15) is 5.56 Å². The van der Waals surface area contributed by atoms with Gasteiger partial charge in [0.1, 0.15) is 0 Å². The molecule has 4 heterocycles. The molecular weight excluding hydrogens is 405 g/mol. The summed E-state index contributed by atoms with van der Waals surface area (Å²) in [5.41, 5.74) is 2.60. The predicted molar refractivity (Wildman–Crippen MR) is 124 cm³/mol. The molecule has 0 aliphatic carbocycles. The third kappa shape index (κ3) is 3.46. The van der Waals surface area contributed by atoms with Crippen LogP contribution < -0.4 is 0 Å². The lowest BCUT2D eigenvalue weighted by molar-refractivity contribution is 1.48. The van der Waals surface area contributed by atoms with Gasteiger partial charge in [-0.15, -0.1) is 45.3 Å². The molecule has 0 radical (unpaired) electrons. The van der Waals surface area contributed by atoms with Crippen LogP contribution in [-0.4, -0.2) is 0 Å². The fourth-order valence-electron chi connectivity index (χ4n) is 2.97. The van der Waals surface area contributed by atoms with Crippen molar-refractivity contribution in [1.82, 2.24) is 0 Å². The molecule has 0 amide bonds. The molecule has 0 saturated carbocycles. The smallest absolute Gasteiger partial charge is 0.0449 e. The molecule has 4 aromatic heterocycles. The fourth-order valence-corrected chi connectivity index (χ4v) is 7.01. The fraction of sp³-hybridized carbons (Fsp3) is 0.0435. The first-order valence-electron chi connectivity index (χ1n) is 8.67. The summed E-state index contributed by atoms with van der Waals surface area (Å²) in [6, 6.07) is 26.6. The van der Waals surface area contributed by atoms with Gasteiger partial charge in [0, 0.05) is 34.1 Å². The van der Waals surface area contributed by atoms with Gasteiger partial charge in [0.2, 0.25) is 0 Å². The van der Waals surface area contributed by atoms with Crippen LogP contribution in [0.5, 0.6) is 0 Å². The molecule has 0 saturated heterocycles. The largest absolute Gasteiger partial charge is 0.143 e. The van der Waals surface area contributed by atoms with E-state index < -0.39 is 0 Å². The highest BCUT2D eigenvalue weighted by Crippen LogP contribution is 2.43. The summed E-state index contributed by atoms with van der Waals surface area (Å²) in [7, 11) is 0. The van der Waals surface area contributed by atoms with E-state index in [1.807, 2.05) is 34.0 Å². The second-order valence-corrected chi connectivity index (χ2v) is 10.5. The van der Waals surface area contributed by atoms with Gasteiger partial charge in [0.05, 0.1) is 0 Å². The van der Waals surface area contributed by atoms with Crippen LogP contribution in [0.4, 0.5) is 0 Å². The second-order valence-electron chi connectivity index (χ2n) is 6.34. The summed E-state index contributed by atoms with van der Waals surface area (Å²) < 4.78 is 0. The molecule has 132 valence electrons. The van der Waals surface area contributed by atoms with Crippen molar-refractivity contribution in [3.8, 4) is 39.7 Å². The number of aryl methyl sites for hydroxylation is 1. The van der Waals surface area contributed by atoms with Crippen molar-refractivity contribution in [2.45, 2.75) is 6.92 Å². The van der Waals surface area contributed by atoms with Crippen molar-refractivity contribution in [2.24, 2.45) is 0 Å². The molecule has 27 heavy (non-hydrogen) atoms. The van der Waals surface area contributed by atoms with E-state index in [0.717, 1.165) is 0 Å². The summed E-state index contributed by atoms with van der Waals surface area (Å²) >= 11 is 7.44. The summed E-state index contributed by atoms with van der Waals surface area (Å²) in [6.45, 7) is 2.13. The first-order chi connectivity index (χ1) is 13.3. The van der Waals surface area contributed by atoms with E-state index >= 15 is 0 Å². The zero-order chi connectivity index (χ0) is 18.2. The Kier molecular flexibility index (Phi) is 4.58. The number of hydrogen-bond acceptors (Lipinski definition) is 4. The zero-order valence-electron chi connectivity index (χ0n) is 14.6. The van der Waals surface area contributed by atoms with Crippen molar-refractivity contribution in [3.63, 3.8) is 0 Å². The van der Waals surface area contributed by atoms with E-state index in [9.17, 15) is 0 Å². The molecule has 0 aliphatic rings. The van der Waals surface area contributed by atoms with Gasteiger partial charge in [-0.2, -0.15) is 0 Å². The molecule has 0 aliphatic heterocycles. The zero-order valence-corrected chi connectivity index (χ0v) is 17.9. The summed E-state index contributed by atoms with van der Waals surface area (Å²) in [5.74, 6) is 0. The normalized spacial score (nSPS) is 11.1. The van der Waals surface area contributed by atoms with Gasteiger partial charge in [-0.05, 0) is 60.3 Å². The van der Waals surface area contributed by atoms with Crippen LogP contribution in [0, 0.1) is 6.92 Å². The molecule has 0 atom stereocenters. The Morgan fingerprint density at radius 1 is 0.481 bits per heavy atom. The molecule has 5 aromatic rings. The number of hydrogen-bond donors (Lipinski definition) is 0. The van der Waals surface area contributed by atoms with E-state index in [1.165, 1.54) is 45.3 Å². The molecule has 1 aromatic carbocycles. The van der Waals surface area contributed by atoms with E-state index in [0.29, 0.717) is 0 Å². The minimum absolute atomic E-state index is 1.30. The maximum atomic E-state index is 2.26. The molecule has 4 heteroatoms. The van der Waals surface area contributed by atoms with Crippen LogP contribution in [0.15, 0.2) is 78.2 Å². The Morgan fingerprint density at radius 2 is 0.963 bits per heavy atom. The second kappa shape index (κ2) is 7.21. The number of rotatable bonds is 4. The number of thiophene rings is 4. The SMILES string of the molecule is Cc1ccc(-c2ccc(-c3ccc(-c4ccc(-c5cccs5)s4)s3)s2)cc1. The Bertz CT molecular complexity index is 1170.